The molecule has 0 aliphatic heterocycles. The van der Waals surface area contributed by atoms with Crippen LogP contribution in [0.4, 0.5) is 5.69 Å². The summed E-state index contributed by atoms with van der Waals surface area (Å²) in [5, 5.41) is 13.2. The molecule has 4 rings (SSSR count). The molecule has 8 nitrogen and oxygen atoms in total. The molecule has 0 radical (unpaired) electrons. The molecule has 2 amide bonds. The summed E-state index contributed by atoms with van der Waals surface area (Å²) in [6.07, 6.45) is 3.78. The molecule has 2 aromatic carbocycles. The molecule has 8 heteroatoms. The van der Waals surface area contributed by atoms with Gasteiger partial charge in [0.2, 0.25) is 0 Å². The van der Waals surface area contributed by atoms with Crippen LogP contribution in [0.25, 0.3) is 5.82 Å². The van der Waals surface area contributed by atoms with Gasteiger partial charge < -0.3 is 10.6 Å². The average Bonchev–Trinajstić information content (AvgIpc) is 3.35. The van der Waals surface area contributed by atoms with Crippen LogP contribution in [0.1, 0.15) is 26.4 Å². The zero-order valence-corrected chi connectivity index (χ0v) is 16.6. The fourth-order valence-corrected chi connectivity index (χ4v) is 2.98. The first-order valence-corrected chi connectivity index (χ1v) is 9.75. The second-order valence-corrected chi connectivity index (χ2v) is 6.77. The molecule has 0 saturated carbocycles. The monoisotopic (exact) mass is 412 g/mol. The fourth-order valence-electron chi connectivity index (χ4n) is 2.98. The Kier molecular flexibility index (Phi) is 6.08. The van der Waals surface area contributed by atoms with Crippen LogP contribution in [0, 0.1) is 0 Å². The second-order valence-electron chi connectivity index (χ2n) is 6.77. The van der Waals surface area contributed by atoms with Crippen LogP contribution in [0.3, 0.4) is 0 Å². The van der Waals surface area contributed by atoms with E-state index in [-0.39, 0.29) is 17.5 Å². The third-order valence-electron chi connectivity index (χ3n) is 4.60. The first-order chi connectivity index (χ1) is 15.2. The minimum atomic E-state index is -0.352. The molecule has 2 heterocycles. The average molecular weight is 412 g/mol. The molecule has 0 bridgehead atoms. The van der Waals surface area contributed by atoms with E-state index >= 15 is 0 Å². The highest BCUT2D eigenvalue weighted by Crippen LogP contribution is 2.12. The maximum Gasteiger partial charge on any atom is 0.274 e. The van der Waals surface area contributed by atoms with Crippen molar-refractivity contribution in [1.82, 2.24) is 25.1 Å². The molecule has 0 atom stereocenters. The van der Waals surface area contributed by atoms with Gasteiger partial charge in [0.15, 0.2) is 0 Å². The molecule has 31 heavy (non-hydrogen) atoms. The van der Waals surface area contributed by atoms with Crippen LogP contribution in [0.5, 0.6) is 0 Å². The quantitative estimate of drug-likeness (QED) is 0.486. The lowest BCUT2D eigenvalue weighted by Crippen LogP contribution is -2.25. The summed E-state index contributed by atoms with van der Waals surface area (Å²) in [6.45, 7) is 0.551. The van der Waals surface area contributed by atoms with Crippen LogP contribution in [-0.4, -0.2) is 38.1 Å². The molecule has 0 aliphatic rings. The van der Waals surface area contributed by atoms with E-state index < -0.39 is 0 Å². The molecular weight excluding hydrogens is 392 g/mol. The van der Waals surface area contributed by atoms with Crippen LogP contribution >= 0.6 is 0 Å². The number of nitrogens with zero attached hydrogens (tertiary/aromatic N) is 4. The van der Waals surface area contributed by atoms with Gasteiger partial charge >= 0.3 is 0 Å². The molecule has 2 aromatic heterocycles. The number of rotatable bonds is 7. The van der Waals surface area contributed by atoms with Crippen molar-refractivity contribution in [2.75, 3.05) is 11.9 Å². The number of carbonyl (C=O) groups excluding carboxylic acids is 2. The minimum absolute atomic E-state index is 0.155. The first-order valence-electron chi connectivity index (χ1n) is 9.75. The molecule has 0 unspecified atom stereocenters. The van der Waals surface area contributed by atoms with Crippen LogP contribution in [-0.2, 0) is 6.42 Å². The molecule has 4 aromatic rings. The van der Waals surface area contributed by atoms with Gasteiger partial charge in [0.25, 0.3) is 11.8 Å². The summed E-state index contributed by atoms with van der Waals surface area (Å²) >= 11 is 0. The molecule has 2 N–H and O–H groups in total. The van der Waals surface area contributed by atoms with Gasteiger partial charge in [0, 0.05) is 17.8 Å². The minimum Gasteiger partial charge on any atom is -0.352 e. The van der Waals surface area contributed by atoms with Gasteiger partial charge in [-0.2, -0.15) is 0 Å². The lowest BCUT2D eigenvalue weighted by Gasteiger charge is -2.08. The van der Waals surface area contributed by atoms with E-state index in [2.05, 4.69) is 25.8 Å². The Morgan fingerprint density at radius 1 is 0.806 bits per heavy atom. The number of anilines is 1. The number of amides is 2. The number of hydrogen-bond acceptors (Lipinski definition) is 5. The third kappa shape index (κ3) is 5.18. The largest absolute Gasteiger partial charge is 0.352 e. The number of pyridine rings is 1. The van der Waals surface area contributed by atoms with Gasteiger partial charge in [0.1, 0.15) is 24.2 Å². The van der Waals surface area contributed by atoms with Gasteiger partial charge in [-0.25, -0.2) is 4.98 Å². The second kappa shape index (κ2) is 9.45. The van der Waals surface area contributed by atoms with E-state index in [4.69, 9.17) is 0 Å². The highest BCUT2D eigenvalue weighted by atomic mass is 16.2. The maximum absolute atomic E-state index is 12.5. The summed E-state index contributed by atoms with van der Waals surface area (Å²) in [7, 11) is 0. The number of aromatic nitrogens is 4. The van der Waals surface area contributed by atoms with Gasteiger partial charge in [-0.3, -0.25) is 14.2 Å². The summed E-state index contributed by atoms with van der Waals surface area (Å²) in [4.78, 5) is 29.2. The Bertz CT molecular complexity index is 1160. The summed E-state index contributed by atoms with van der Waals surface area (Å²) < 4.78 is 1.61. The van der Waals surface area contributed by atoms with E-state index in [1.165, 1.54) is 18.2 Å². The summed E-state index contributed by atoms with van der Waals surface area (Å²) in [5.74, 6) is 0.0345. The molecule has 0 spiro atoms. The van der Waals surface area contributed by atoms with Gasteiger partial charge in [0.05, 0.1) is 0 Å². The van der Waals surface area contributed by atoms with Gasteiger partial charge in [-0.15, -0.1) is 10.2 Å². The first kappa shape index (κ1) is 20.0. The third-order valence-corrected chi connectivity index (χ3v) is 4.60. The SMILES string of the molecule is O=C(NCCc1ccccc1)c1ccc(NC(=O)c2cccc(-n3cnnc3)n2)cc1. The number of hydrogen-bond donors (Lipinski definition) is 2. The van der Waals surface area contributed by atoms with Crippen molar-refractivity contribution in [2.45, 2.75) is 6.42 Å². The topological polar surface area (TPSA) is 102 Å². The predicted octanol–water partition coefficient (Wildman–Crippen LogP) is 2.89. The Balaban J connectivity index is 1.33. The summed E-state index contributed by atoms with van der Waals surface area (Å²) in [5.41, 5.74) is 2.53. The van der Waals surface area contributed by atoms with Crippen molar-refractivity contribution in [2.24, 2.45) is 0 Å². The maximum atomic E-state index is 12.5. The highest BCUT2D eigenvalue weighted by Gasteiger charge is 2.11. The predicted molar refractivity (Wildman–Crippen MR) is 116 cm³/mol. The Hall–Kier alpha value is -4.33. The molecule has 0 aliphatic carbocycles. The smallest absolute Gasteiger partial charge is 0.274 e. The number of carbonyl (C=O) groups is 2. The standard InChI is InChI=1S/C23H20N6O2/c30-22(24-14-13-17-5-2-1-3-6-17)18-9-11-19(12-10-18)27-23(31)20-7-4-8-21(28-20)29-15-25-26-16-29/h1-12,15-16H,13-14H2,(H,24,30)(H,27,31). The highest BCUT2D eigenvalue weighted by molar-refractivity contribution is 6.03. The van der Waals surface area contributed by atoms with Crippen molar-refractivity contribution in [1.29, 1.82) is 0 Å². The summed E-state index contributed by atoms with van der Waals surface area (Å²) in [6, 6.07) is 21.8. The van der Waals surface area contributed by atoms with Gasteiger partial charge in [-0.05, 0) is 48.4 Å². The van der Waals surface area contributed by atoms with Crippen molar-refractivity contribution in [3.05, 3.63) is 102 Å². The zero-order valence-electron chi connectivity index (χ0n) is 16.6. The normalized spacial score (nSPS) is 10.5. The lowest BCUT2D eigenvalue weighted by atomic mass is 10.1. The number of nitrogens with one attached hydrogen (secondary N) is 2. The van der Waals surface area contributed by atoms with Crippen molar-refractivity contribution in [3.8, 4) is 5.82 Å². The van der Waals surface area contributed by atoms with E-state index in [0.717, 1.165) is 6.42 Å². The molecular formula is C23H20N6O2. The lowest BCUT2D eigenvalue weighted by molar-refractivity contribution is 0.0953. The Labute approximate surface area is 179 Å². The molecule has 154 valence electrons. The fraction of sp³-hybridized carbons (Fsp3) is 0.0870. The number of benzene rings is 2. The van der Waals surface area contributed by atoms with E-state index in [9.17, 15) is 9.59 Å². The molecule has 0 saturated heterocycles. The van der Waals surface area contributed by atoms with Crippen LogP contribution in [0.15, 0.2) is 85.5 Å². The van der Waals surface area contributed by atoms with Crippen molar-refractivity contribution < 1.29 is 9.59 Å². The van der Waals surface area contributed by atoms with Crippen LogP contribution in [0.2, 0.25) is 0 Å². The van der Waals surface area contributed by atoms with E-state index in [1.807, 2.05) is 30.3 Å². The van der Waals surface area contributed by atoms with Gasteiger partial charge in [-0.1, -0.05) is 36.4 Å². The van der Waals surface area contributed by atoms with Crippen molar-refractivity contribution >= 4 is 17.5 Å². The van der Waals surface area contributed by atoms with Crippen LogP contribution < -0.4 is 10.6 Å². The van der Waals surface area contributed by atoms with E-state index in [0.29, 0.717) is 23.6 Å². The Morgan fingerprint density at radius 2 is 1.55 bits per heavy atom. The zero-order chi connectivity index (χ0) is 21.5. The Morgan fingerprint density at radius 3 is 2.29 bits per heavy atom. The van der Waals surface area contributed by atoms with E-state index in [1.54, 1.807) is 47.0 Å². The molecule has 0 fully saturated rings. The van der Waals surface area contributed by atoms with Crippen molar-refractivity contribution in [3.63, 3.8) is 0 Å².